The van der Waals surface area contributed by atoms with E-state index < -0.39 is 4.92 Å². The topological polar surface area (TPSA) is 91.9 Å². The Balaban J connectivity index is 2.48. The van der Waals surface area contributed by atoms with Gasteiger partial charge in [0.05, 0.1) is 10.6 Å². The average Bonchev–Trinajstić information content (AvgIpc) is 2.47. The zero-order chi connectivity index (χ0) is 14.4. The summed E-state index contributed by atoms with van der Waals surface area (Å²) in [6, 6.07) is 13.1. The van der Waals surface area contributed by atoms with Crippen LogP contribution in [0.4, 0.5) is 11.4 Å². The van der Waals surface area contributed by atoms with Crippen molar-refractivity contribution in [3.8, 4) is 11.8 Å². The fraction of sp³-hybridized carbons (Fsp3) is 0. The quantitative estimate of drug-likeness (QED) is 0.205. The van der Waals surface area contributed by atoms with Gasteiger partial charge in [-0.2, -0.15) is 0 Å². The Hall–Kier alpha value is -3.29. The van der Waals surface area contributed by atoms with Gasteiger partial charge in [0, 0.05) is 28.2 Å². The molecule has 0 bridgehead atoms. The smallest absolute Gasteiger partial charge is 0.258 e. The van der Waals surface area contributed by atoms with Gasteiger partial charge in [0.15, 0.2) is 0 Å². The third kappa shape index (κ3) is 3.13. The molecule has 0 saturated heterocycles. The fourth-order valence-electron chi connectivity index (χ4n) is 1.53. The van der Waals surface area contributed by atoms with E-state index in [0.29, 0.717) is 5.56 Å². The van der Waals surface area contributed by atoms with Crippen molar-refractivity contribution < 1.29 is 4.92 Å². The number of hydrogen-bond acceptors (Lipinski definition) is 3. The molecule has 0 saturated carbocycles. The number of benzene rings is 2. The molecule has 0 amide bonds. The first-order chi connectivity index (χ1) is 9.70. The van der Waals surface area contributed by atoms with Crippen LogP contribution in [0.1, 0.15) is 11.1 Å². The molecule has 0 aliphatic rings. The molecule has 6 nitrogen and oxygen atoms in total. The Bertz CT molecular complexity index is 754. The number of nitro benzene ring substituents is 1. The van der Waals surface area contributed by atoms with Crippen molar-refractivity contribution in [2.45, 2.75) is 0 Å². The molecule has 0 atom stereocenters. The molecule has 6 heteroatoms. The molecule has 0 aliphatic carbocycles. The average molecular weight is 264 g/mol. The van der Waals surface area contributed by atoms with Gasteiger partial charge >= 0.3 is 0 Å². The van der Waals surface area contributed by atoms with Crippen LogP contribution in [0.5, 0.6) is 0 Å². The second-order valence-corrected chi connectivity index (χ2v) is 3.76. The van der Waals surface area contributed by atoms with Crippen LogP contribution in [-0.2, 0) is 0 Å². The summed E-state index contributed by atoms with van der Waals surface area (Å²) < 4.78 is 0. The summed E-state index contributed by atoms with van der Waals surface area (Å²) in [5.74, 6) is 5.66. The number of azide groups is 1. The minimum atomic E-state index is -0.520. The third-order valence-electron chi connectivity index (χ3n) is 2.46. The number of nitro groups is 1. The molecule has 20 heavy (non-hydrogen) atoms. The number of nitrogens with zero attached hydrogens (tertiary/aromatic N) is 4. The van der Waals surface area contributed by atoms with E-state index in [1.165, 1.54) is 18.2 Å². The lowest BCUT2D eigenvalue weighted by molar-refractivity contribution is -0.384. The van der Waals surface area contributed by atoms with Crippen LogP contribution in [0.25, 0.3) is 10.4 Å². The third-order valence-corrected chi connectivity index (χ3v) is 2.46. The van der Waals surface area contributed by atoms with Gasteiger partial charge < -0.3 is 0 Å². The van der Waals surface area contributed by atoms with E-state index in [1.54, 1.807) is 0 Å². The number of rotatable bonds is 2. The van der Waals surface area contributed by atoms with E-state index >= 15 is 0 Å². The summed E-state index contributed by atoms with van der Waals surface area (Å²) in [4.78, 5) is 12.9. The molecule has 2 aromatic rings. The minimum Gasteiger partial charge on any atom is -0.258 e. The van der Waals surface area contributed by atoms with E-state index in [4.69, 9.17) is 5.53 Å². The Morgan fingerprint density at radius 2 is 1.90 bits per heavy atom. The molecule has 0 unspecified atom stereocenters. The van der Waals surface area contributed by atoms with Gasteiger partial charge in [-0.25, -0.2) is 0 Å². The molecule has 0 heterocycles. The van der Waals surface area contributed by atoms with E-state index in [1.807, 2.05) is 30.3 Å². The second-order valence-electron chi connectivity index (χ2n) is 3.76. The van der Waals surface area contributed by atoms with Crippen molar-refractivity contribution in [1.29, 1.82) is 0 Å². The Labute approximate surface area is 114 Å². The predicted octanol–water partition coefficient (Wildman–Crippen LogP) is 3.94. The van der Waals surface area contributed by atoms with E-state index in [2.05, 4.69) is 21.9 Å². The van der Waals surface area contributed by atoms with Crippen LogP contribution in [0.15, 0.2) is 53.6 Å². The molecule has 0 aliphatic heterocycles. The summed E-state index contributed by atoms with van der Waals surface area (Å²) in [6.45, 7) is 0. The highest BCUT2D eigenvalue weighted by Crippen LogP contribution is 2.24. The highest BCUT2D eigenvalue weighted by atomic mass is 16.6. The molecule has 2 aromatic carbocycles. The van der Waals surface area contributed by atoms with Crippen molar-refractivity contribution in [3.05, 3.63) is 80.2 Å². The SMILES string of the molecule is [N-]=[N+]=Nc1ccc([N+](=O)[O-])cc1C#Cc1ccccc1. The van der Waals surface area contributed by atoms with Gasteiger partial charge in [-0.1, -0.05) is 35.2 Å². The molecule has 2 rings (SSSR count). The number of hydrogen-bond donors (Lipinski definition) is 0. The summed E-state index contributed by atoms with van der Waals surface area (Å²) in [5.41, 5.74) is 9.74. The van der Waals surface area contributed by atoms with Crippen LogP contribution in [0, 0.1) is 22.0 Å². The van der Waals surface area contributed by atoms with Crippen molar-refractivity contribution in [2.75, 3.05) is 0 Å². The summed E-state index contributed by atoms with van der Waals surface area (Å²) in [6.07, 6.45) is 0. The maximum atomic E-state index is 10.8. The lowest BCUT2D eigenvalue weighted by Gasteiger charge is -1.97. The van der Waals surface area contributed by atoms with Crippen molar-refractivity contribution >= 4 is 11.4 Å². The molecule has 96 valence electrons. The predicted molar refractivity (Wildman–Crippen MR) is 74.3 cm³/mol. The van der Waals surface area contributed by atoms with Crippen molar-refractivity contribution in [1.82, 2.24) is 0 Å². The molecule has 0 aromatic heterocycles. The normalized spacial score (nSPS) is 9.00. The molecule has 0 spiro atoms. The monoisotopic (exact) mass is 264 g/mol. The van der Waals surface area contributed by atoms with Crippen LogP contribution in [0.2, 0.25) is 0 Å². The maximum Gasteiger partial charge on any atom is 0.270 e. The first kappa shape index (κ1) is 13.1. The first-order valence-corrected chi connectivity index (χ1v) is 5.61. The van der Waals surface area contributed by atoms with E-state index in [9.17, 15) is 10.1 Å². The Morgan fingerprint density at radius 3 is 2.55 bits per heavy atom. The molecule has 0 radical (unpaired) electrons. The molecule has 0 N–H and O–H groups in total. The fourth-order valence-corrected chi connectivity index (χ4v) is 1.53. The van der Waals surface area contributed by atoms with E-state index in [-0.39, 0.29) is 11.4 Å². The zero-order valence-corrected chi connectivity index (χ0v) is 10.2. The van der Waals surface area contributed by atoms with Crippen molar-refractivity contribution in [2.24, 2.45) is 5.11 Å². The highest BCUT2D eigenvalue weighted by molar-refractivity contribution is 5.60. The molecular weight excluding hydrogens is 256 g/mol. The van der Waals surface area contributed by atoms with Crippen LogP contribution < -0.4 is 0 Å². The minimum absolute atomic E-state index is 0.0979. The Kier molecular flexibility index (Phi) is 3.98. The Morgan fingerprint density at radius 1 is 1.15 bits per heavy atom. The lowest BCUT2D eigenvalue weighted by atomic mass is 10.1. The summed E-state index contributed by atoms with van der Waals surface area (Å²) >= 11 is 0. The maximum absolute atomic E-state index is 10.8. The largest absolute Gasteiger partial charge is 0.270 e. The van der Waals surface area contributed by atoms with Crippen LogP contribution in [0.3, 0.4) is 0 Å². The van der Waals surface area contributed by atoms with Crippen LogP contribution >= 0.6 is 0 Å². The molecular formula is C14H8N4O2. The van der Waals surface area contributed by atoms with Crippen molar-refractivity contribution in [3.63, 3.8) is 0 Å². The van der Waals surface area contributed by atoms with E-state index in [0.717, 1.165) is 5.56 Å². The van der Waals surface area contributed by atoms with Gasteiger partial charge in [0.2, 0.25) is 0 Å². The number of non-ortho nitro benzene ring substituents is 1. The van der Waals surface area contributed by atoms with Gasteiger partial charge in [-0.3, -0.25) is 10.1 Å². The summed E-state index contributed by atoms with van der Waals surface area (Å²) in [5, 5.41) is 14.2. The first-order valence-electron chi connectivity index (χ1n) is 5.61. The highest BCUT2D eigenvalue weighted by Gasteiger charge is 2.08. The standard InChI is InChI=1S/C14H8N4O2/c15-17-16-14-9-8-13(18(19)20)10-12(14)7-6-11-4-2-1-3-5-11/h1-5,8-10H. The lowest BCUT2D eigenvalue weighted by Crippen LogP contribution is -1.88. The second kappa shape index (κ2) is 6.05. The summed E-state index contributed by atoms with van der Waals surface area (Å²) in [7, 11) is 0. The zero-order valence-electron chi connectivity index (χ0n) is 10.2. The van der Waals surface area contributed by atoms with Crippen LogP contribution in [-0.4, -0.2) is 4.92 Å². The molecule has 0 fully saturated rings. The van der Waals surface area contributed by atoms with Gasteiger partial charge in [-0.05, 0) is 23.7 Å². The van der Waals surface area contributed by atoms with Gasteiger partial charge in [0.25, 0.3) is 5.69 Å². The van der Waals surface area contributed by atoms with Gasteiger partial charge in [0.1, 0.15) is 0 Å². The van der Waals surface area contributed by atoms with Gasteiger partial charge in [-0.15, -0.1) is 0 Å².